The highest BCUT2D eigenvalue weighted by Crippen LogP contribution is 2.63. The zero-order chi connectivity index (χ0) is 18.0. The summed E-state index contributed by atoms with van der Waals surface area (Å²) < 4.78 is 0. The zero-order valence-corrected chi connectivity index (χ0v) is 15.0. The monoisotopic (exact) mass is 342 g/mol. The van der Waals surface area contributed by atoms with E-state index in [0.29, 0.717) is 19.3 Å². The molecule has 0 radical (unpaired) electrons. The van der Waals surface area contributed by atoms with Crippen LogP contribution in [0.3, 0.4) is 0 Å². The van der Waals surface area contributed by atoms with Crippen molar-refractivity contribution in [1.29, 1.82) is 0 Å². The van der Waals surface area contributed by atoms with Crippen LogP contribution in [-0.2, 0) is 14.4 Å². The third-order valence-corrected chi connectivity index (χ3v) is 7.92. The van der Waals surface area contributed by atoms with Crippen molar-refractivity contribution in [2.45, 2.75) is 46.0 Å². The van der Waals surface area contributed by atoms with E-state index in [4.69, 9.17) is 0 Å². The smallest absolute Gasteiger partial charge is 0.162 e. The molecule has 0 saturated heterocycles. The van der Waals surface area contributed by atoms with Gasteiger partial charge in [-0.2, -0.15) is 0 Å². The second-order valence-corrected chi connectivity index (χ2v) is 8.80. The molecule has 0 spiro atoms. The lowest BCUT2D eigenvalue weighted by Gasteiger charge is -2.54. The summed E-state index contributed by atoms with van der Waals surface area (Å²) in [5.41, 5.74) is 0.305. The summed E-state index contributed by atoms with van der Waals surface area (Å²) in [7, 11) is 0. The quantitative estimate of drug-likeness (QED) is 0.837. The maximum atomic E-state index is 13.2. The van der Waals surface area contributed by atoms with Crippen LogP contribution in [0, 0.1) is 34.5 Å². The standard InChI is InChI=1S/C21H26O4/c1-20-8-7-13(23)9-12(20)3-4-14-15-5-6-16(18(24)11-22)21(15,2)19(25)10-17(14)20/h3-4,9,14-17,22H,5-8,10-11H2,1-2H3/t14-,15-,16+,17-,20-,21-/m0/s1. The molecule has 25 heavy (non-hydrogen) atoms. The minimum Gasteiger partial charge on any atom is -0.389 e. The van der Waals surface area contributed by atoms with Gasteiger partial charge in [-0.25, -0.2) is 0 Å². The van der Waals surface area contributed by atoms with Gasteiger partial charge in [0.2, 0.25) is 0 Å². The second kappa shape index (κ2) is 5.47. The lowest BCUT2D eigenvalue weighted by atomic mass is 9.48. The van der Waals surface area contributed by atoms with E-state index >= 15 is 0 Å². The van der Waals surface area contributed by atoms with Crippen LogP contribution < -0.4 is 0 Å². The molecule has 4 aliphatic rings. The molecular weight excluding hydrogens is 316 g/mol. The largest absolute Gasteiger partial charge is 0.389 e. The number of fused-ring (bicyclic) bond motifs is 5. The summed E-state index contributed by atoms with van der Waals surface area (Å²) in [5, 5.41) is 9.32. The van der Waals surface area contributed by atoms with Gasteiger partial charge in [-0.1, -0.05) is 26.0 Å². The molecule has 6 atom stereocenters. The third-order valence-electron chi connectivity index (χ3n) is 7.92. The summed E-state index contributed by atoms with van der Waals surface area (Å²) >= 11 is 0. The molecule has 0 unspecified atom stereocenters. The van der Waals surface area contributed by atoms with Crippen molar-refractivity contribution in [3.05, 3.63) is 23.8 Å². The van der Waals surface area contributed by atoms with Gasteiger partial charge in [0.05, 0.1) is 0 Å². The van der Waals surface area contributed by atoms with Gasteiger partial charge >= 0.3 is 0 Å². The molecule has 2 saturated carbocycles. The molecule has 2 fully saturated rings. The molecule has 134 valence electrons. The molecule has 0 aliphatic heterocycles. The SMILES string of the molecule is C[C@]12C(=O)C[C@H]3[C@@H](C=CC4=CC(=O)CC[C@@]43C)[C@@H]1CC[C@@H]2C(=O)CO. The number of aliphatic hydroxyl groups excluding tert-OH is 1. The van der Waals surface area contributed by atoms with Gasteiger partial charge in [-0.3, -0.25) is 14.4 Å². The van der Waals surface area contributed by atoms with Crippen molar-refractivity contribution >= 4 is 17.3 Å². The first-order chi connectivity index (χ1) is 11.8. The molecule has 4 nitrogen and oxygen atoms in total. The van der Waals surface area contributed by atoms with Crippen molar-refractivity contribution in [2.75, 3.05) is 6.61 Å². The molecule has 4 heteroatoms. The van der Waals surface area contributed by atoms with Gasteiger partial charge in [0.25, 0.3) is 0 Å². The van der Waals surface area contributed by atoms with Crippen molar-refractivity contribution < 1.29 is 19.5 Å². The van der Waals surface area contributed by atoms with Crippen molar-refractivity contribution in [3.8, 4) is 0 Å². The van der Waals surface area contributed by atoms with E-state index in [9.17, 15) is 19.5 Å². The van der Waals surface area contributed by atoms with Crippen LogP contribution >= 0.6 is 0 Å². The van der Waals surface area contributed by atoms with Gasteiger partial charge in [0.1, 0.15) is 12.4 Å². The topological polar surface area (TPSA) is 71.4 Å². The molecule has 0 aromatic carbocycles. The van der Waals surface area contributed by atoms with Crippen LogP contribution in [-0.4, -0.2) is 29.1 Å². The van der Waals surface area contributed by atoms with Crippen LogP contribution in [0.15, 0.2) is 23.8 Å². The molecule has 0 heterocycles. The first-order valence-corrected chi connectivity index (χ1v) is 9.42. The van der Waals surface area contributed by atoms with Crippen LogP contribution in [0.4, 0.5) is 0 Å². The Labute approximate surface area is 148 Å². The lowest BCUT2D eigenvalue weighted by Crippen LogP contribution is -2.54. The predicted octanol–water partition coefficient (Wildman–Crippen LogP) is 2.65. The fraction of sp³-hybridized carbons (Fsp3) is 0.667. The van der Waals surface area contributed by atoms with E-state index in [1.54, 1.807) is 6.08 Å². The van der Waals surface area contributed by atoms with Gasteiger partial charge < -0.3 is 5.11 Å². The van der Waals surface area contributed by atoms with E-state index in [1.807, 2.05) is 6.92 Å². The Balaban J connectivity index is 1.76. The van der Waals surface area contributed by atoms with Gasteiger partial charge in [-0.05, 0) is 54.1 Å². The summed E-state index contributed by atoms with van der Waals surface area (Å²) in [4.78, 5) is 37.3. The van der Waals surface area contributed by atoms with Crippen LogP contribution in [0.25, 0.3) is 0 Å². The highest BCUT2D eigenvalue weighted by atomic mass is 16.3. The molecule has 0 aromatic heterocycles. The summed E-state index contributed by atoms with van der Waals surface area (Å²) in [6, 6.07) is 0. The van der Waals surface area contributed by atoms with E-state index in [-0.39, 0.29) is 46.4 Å². The van der Waals surface area contributed by atoms with E-state index in [0.717, 1.165) is 18.4 Å². The second-order valence-electron chi connectivity index (χ2n) is 8.80. The summed E-state index contributed by atoms with van der Waals surface area (Å²) in [5.74, 6) is 0.466. The van der Waals surface area contributed by atoms with E-state index in [1.165, 1.54) is 0 Å². The Bertz CT molecular complexity index is 717. The molecule has 0 aromatic rings. The zero-order valence-electron chi connectivity index (χ0n) is 15.0. The Kier molecular flexibility index (Phi) is 3.70. The van der Waals surface area contributed by atoms with Crippen molar-refractivity contribution in [3.63, 3.8) is 0 Å². The molecule has 4 aliphatic carbocycles. The van der Waals surface area contributed by atoms with E-state index < -0.39 is 12.0 Å². The van der Waals surface area contributed by atoms with Crippen molar-refractivity contribution in [1.82, 2.24) is 0 Å². The molecule has 0 bridgehead atoms. The fourth-order valence-electron chi connectivity index (χ4n) is 6.35. The Hall–Kier alpha value is -1.55. The first-order valence-electron chi connectivity index (χ1n) is 9.42. The molecular formula is C21H26O4. The Morgan fingerprint density at radius 3 is 2.72 bits per heavy atom. The molecule has 0 amide bonds. The number of hydrogen-bond donors (Lipinski definition) is 1. The lowest BCUT2D eigenvalue weighted by molar-refractivity contribution is -0.149. The van der Waals surface area contributed by atoms with Crippen LogP contribution in [0.1, 0.15) is 46.0 Å². The van der Waals surface area contributed by atoms with Crippen LogP contribution in [0.5, 0.6) is 0 Å². The van der Waals surface area contributed by atoms with Crippen molar-refractivity contribution in [2.24, 2.45) is 34.5 Å². The van der Waals surface area contributed by atoms with E-state index in [2.05, 4.69) is 19.1 Å². The Morgan fingerprint density at radius 2 is 2.00 bits per heavy atom. The number of rotatable bonds is 2. The summed E-state index contributed by atoms with van der Waals surface area (Å²) in [6.45, 7) is 3.68. The van der Waals surface area contributed by atoms with Crippen LogP contribution in [0.2, 0.25) is 0 Å². The minimum absolute atomic E-state index is 0.122. The number of aliphatic hydroxyl groups is 1. The number of carbonyl (C=O) groups is 3. The first kappa shape index (κ1) is 16.9. The molecule has 4 rings (SSSR count). The number of hydrogen-bond acceptors (Lipinski definition) is 4. The van der Waals surface area contributed by atoms with Gasteiger partial charge in [0.15, 0.2) is 11.6 Å². The highest BCUT2D eigenvalue weighted by molar-refractivity contribution is 5.95. The average molecular weight is 342 g/mol. The molecule has 1 N–H and O–H groups in total. The summed E-state index contributed by atoms with van der Waals surface area (Å²) in [6.07, 6.45) is 9.44. The average Bonchev–Trinajstić information content (AvgIpc) is 2.95. The minimum atomic E-state index is -0.645. The fourth-order valence-corrected chi connectivity index (χ4v) is 6.35. The number of Topliss-reactive ketones (excluding diaryl/α,β-unsaturated/α-hetero) is 2. The third kappa shape index (κ3) is 2.13. The number of allylic oxidation sites excluding steroid dienone is 4. The highest BCUT2D eigenvalue weighted by Gasteiger charge is 2.62. The maximum absolute atomic E-state index is 13.2. The predicted molar refractivity (Wildman–Crippen MR) is 92.6 cm³/mol. The number of carbonyl (C=O) groups excluding carboxylic acids is 3. The Morgan fingerprint density at radius 1 is 1.24 bits per heavy atom. The van der Waals surface area contributed by atoms with Gasteiger partial charge in [-0.15, -0.1) is 0 Å². The number of ketones is 3. The van der Waals surface area contributed by atoms with Gasteiger partial charge in [0, 0.05) is 24.2 Å². The normalized spacial score (nSPS) is 45.5. The maximum Gasteiger partial charge on any atom is 0.162 e.